The average Bonchev–Trinajstić information content (AvgIpc) is 3.02. The molecule has 0 fully saturated rings. The van der Waals surface area contributed by atoms with E-state index < -0.39 is 0 Å². The van der Waals surface area contributed by atoms with Gasteiger partial charge in [-0.15, -0.1) is 0 Å². The standard InChI is InChI=1S/C19H21N5O2S/c1-11(10-25)21-19-22-12(2)17(27-19)16-7-8-20-18(24-16)23-15-6-4-5-14(9-15)13(3)26/h4-9,11,25H,10H2,1-3H3,(H,21,22)(H,20,23,24). The van der Waals surface area contributed by atoms with Crippen molar-refractivity contribution in [3.63, 3.8) is 0 Å². The number of Topliss-reactive ketones (excluding diaryl/α,β-unsaturated/α-hetero) is 1. The minimum absolute atomic E-state index is 0.00532. The number of rotatable bonds is 7. The third-order valence-electron chi connectivity index (χ3n) is 3.85. The smallest absolute Gasteiger partial charge is 0.227 e. The summed E-state index contributed by atoms with van der Waals surface area (Å²) in [6, 6.07) is 8.98. The van der Waals surface area contributed by atoms with E-state index in [-0.39, 0.29) is 18.4 Å². The Kier molecular flexibility index (Phi) is 5.78. The van der Waals surface area contributed by atoms with Crippen molar-refractivity contribution in [1.29, 1.82) is 0 Å². The van der Waals surface area contributed by atoms with Crippen LogP contribution in [0.3, 0.4) is 0 Å². The molecule has 1 atom stereocenters. The normalized spacial score (nSPS) is 11.9. The second-order valence-electron chi connectivity index (χ2n) is 6.19. The van der Waals surface area contributed by atoms with Gasteiger partial charge in [-0.1, -0.05) is 23.5 Å². The van der Waals surface area contributed by atoms with E-state index in [1.54, 1.807) is 18.3 Å². The summed E-state index contributed by atoms with van der Waals surface area (Å²) >= 11 is 1.48. The van der Waals surface area contributed by atoms with Crippen LogP contribution in [0.4, 0.5) is 16.8 Å². The van der Waals surface area contributed by atoms with Crippen LogP contribution in [-0.4, -0.2) is 38.5 Å². The maximum atomic E-state index is 11.5. The lowest BCUT2D eigenvalue weighted by atomic mass is 10.1. The first-order valence-corrected chi connectivity index (χ1v) is 9.34. The summed E-state index contributed by atoms with van der Waals surface area (Å²) in [5.41, 5.74) is 2.99. The summed E-state index contributed by atoms with van der Waals surface area (Å²) in [5.74, 6) is 0.449. The first-order valence-electron chi connectivity index (χ1n) is 8.52. The number of aryl methyl sites for hydroxylation is 1. The summed E-state index contributed by atoms with van der Waals surface area (Å²) in [4.78, 5) is 25.8. The number of hydrogen-bond donors (Lipinski definition) is 3. The molecule has 0 aliphatic rings. The number of carbonyl (C=O) groups is 1. The zero-order valence-corrected chi connectivity index (χ0v) is 16.2. The average molecular weight is 383 g/mol. The van der Waals surface area contributed by atoms with E-state index in [0.717, 1.165) is 27.1 Å². The van der Waals surface area contributed by atoms with Gasteiger partial charge in [0.05, 0.1) is 22.9 Å². The molecule has 0 aliphatic carbocycles. The monoisotopic (exact) mass is 383 g/mol. The Bertz CT molecular complexity index is 957. The molecule has 0 spiro atoms. The molecule has 0 amide bonds. The first kappa shape index (κ1) is 18.9. The molecule has 8 heteroatoms. The number of nitrogens with zero attached hydrogens (tertiary/aromatic N) is 3. The van der Waals surface area contributed by atoms with E-state index in [4.69, 9.17) is 0 Å². The molecule has 0 saturated heterocycles. The van der Waals surface area contributed by atoms with Crippen LogP contribution in [0.2, 0.25) is 0 Å². The Morgan fingerprint density at radius 2 is 2.11 bits per heavy atom. The van der Waals surface area contributed by atoms with Gasteiger partial charge in [0, 0.05) is 23.5 Å². The lowest BCUT2D eigenvalue weighted by Gasteiger charge is -2.08. The van der Waals surface area contributed by atoms with Crippen LogP contribution >= 0.6 is 11.3 Å². The van der Waals surface area contributed by atoms with Crippen LogP contribution in [0.25, 0.3) is 10.6 Å². The van der Waals surface area contributed by atoms with Crippen LogP contribution in [0, 0.1) is 6.92 Å². The lowest BCUT2D eigenvalue weighted by Crippen LogP contribution is -2.18. The van der Waals surface area contributed by atoms with Crippen molar-refractivity contribution in [2.24, 2.45) is 0 Å². The van der Waals surface area contributed by atoms with Gasteiger partial charge in [-0.3, -0.25) is 4.79 Å². The van der Waals surface area contributed by atoms with Gasteiger partial charge in [0.15, 0.2) is 10.9 Å². The molecule has 2 heterocycles. The number of aliphatic hydroxyl groups excluding tert-OH is 1. The van der Waals surface area contributed by atoms with E-state index in [9.17, 15) is 9.90 Å². The summed E-state index contributed by atoms with van der Waals surface area (Å²) in [5, 5.41) is 16.2. The summed E-state index contributed by atoms with van der Waals surface area (Å²) in [7, 11) is 0. The Morgan fingerprint density at radius 1 is 1.30 bits per heavy atom. The fraction of sp³-hybridized carbons (Fsp3) is 0.263. The third-order valence-corrected chi connectivity index (χ3v) is 4.96. The van der Waals surface area contributed by atoms with Crippen molar-refractivity contribution >= 4 is 33.9 Å². The molecule has 7 nitrogen and oxygen atoms in total. The highest BCUT2D eigenvalue weighted by atomic mass is 32.1. The Labute approximate surface area is 161 Å². The Hall–Kier alpha value is -2.84. The van der Waals surface area contributed by atoms with Crippen LogP contribution in [0.15, 0.2) is 36.5 Å². The molecule has 140 valence electrons. The molecular formula is C19H21N5O2S. The molecule has 3 aromatic rings. The molecule has 3 N–H and O–H groups in total. The van der Waals surface area contributed by atoms with Gasteiger partial charge in [-0.2, -0.15) is 0 Å². The van der Waals surface area contributed by atoms with Crippen molar-refractivity contribution < 1.29 is 9.90 Å². The van der Waals surface area contributed by atoms with Gasteiger partial charge in [0.1, 0.15) is 0 Å². The van der Waals surface area contributed by atoms with E-state index >= 15 is 0 Å². The van der Waals surface area contributed by atoms with E-state index in [1.807, 2.05) is 32.0 Å². The number of carbonyl (C=O) groups excluding carboxylic acids is 1. The van der Waals surface area contributed by atoms with E-state index in [2.05, 4.69) is 25.6 Å². The van der Waals surface area contributed by atoms with Gasteiger partial charge < -0.3 is 15.7 Å². The van der Waals surface area contributed by atoms with Crippen LogP contribution in [0.5, 0.6) is 0 Å². The number of hydrogen-bond acceptors (Lipinski definition) is 8. The zero-order valence-electron chi connectivity index (χ0n) is 15.4. The predicted molar refractivity (Wildman–Crippen MR) is 108 cm³/mol. The van der Waals surface area contributed by atoms with Crippen LogP contribution in [0.1, 0.15) is 29.9 Å². The second-order valence-corrected chi connectivity index (χ2v) is 7.19. The topological polar surface area (TPSA) is 100 Å². The van der Waals surface area contributed by atoms with E-state index in [1.165, 1.54) is 18.3 Å². The van der Waals surface area contributed by atoms with Crippen LogP contribution < -0.4 is 10.6 Å². The lowest BCUT2D eigenvalue weighted by molar-refractivity contribution is 0.101. The quantitative estimate of drug-likeness (QED) is 0.536. The fourth-order valence-corrected chi connectivity index (χ4v) is 3.49. The minimum Gasteiger partial charge on any atom is -0.394 e. The minimum atomic E-state index is -0.0698. The van der Waals surface area contributed by atoms with Crippen molar-refractivity contribution in [3.8, 4) is 10.6 Å². The number of aromatic nitrogens is 3. The Balaban J connectivity index is 1.84. The molecule has 1 aromatic carbocycles. The maximum absolute atomic E-state index is 11.5. The SMILES string of the molecule is CC(=O)c1cccc(Nc2nccc(-c3sc(NC(C)CO)nc3C)n2)c1. The fourth-order valence-electron chi connectivity index (χ4n) is 2.44. The largest absolute Gasteiger partial charge is 0.394 e. The summed E-state index contributed by atoms with van der Waals surface area (Å²) < 4.78 is 0. The number of benzene rings is 1. The summed E-state index contributed by atoms with van der Waals surface area (Å²) in [6.45, 7) is 5.38. The molecular weight excluding hydrogens is 362 g/mol. The third kappa shape index (κ3) is 4.66. The van der Waals surface area contributed by atoms with Crippen molar-refractivity contribution in [3.05, 3.63) is 47.8 Å². The van der Waals surface area contributed by atoms with E-state index in [0.29, 0.717) is 11.5 Å². The molecule has 27 heavy (non-hydrogen) atoms. The molecule has 3 rings (SSSR count). The molecule has 0 bridgehead atoms. The molecule has 2 aromatic heterocycles. The van der Waals surface area contributed by atoms with Crippen molar-refractivity contribution in [2.75, 3.05) is 17.2 Å². The number of ketones is 1. The number of anilines is 3. The van der Waals surface area contributed by atoms with Gasteiger partial charge in [-0.05, 0) is 39.0 Å². The second kappa shape index (κ2) is 8.24. The molecule has 0 radical (unpaired) electrons. The molecule has 0 aliphatic heterocycles. The van der Waals surface area contributed by atoms with Gasteiger partial charge in [0.25, 0.3) is 0 Å². The van der Waals surface area contributed by atoms with Crippen LogP contribution in [-0.2, 0) is 0 Å². The highest BCUT2D eigenvalue weighted by Crippen LogP contribution is 2.32. The Morgan fingerprint density at radius 3 is 2.85 bits per heavy atom. The van der Waals surface area contributed by atoms with Crippen molar-refractivity contribution in [2.45, 2.75) is 26.8 Å². The van der Waals surface area contributed by atoms with Crippen molar-refractivity contribution in [1.82, 2.24) is 15.0 Å². The van der Waals surface area contributed by atoms with Gasteiger partial charge in [0.2, 0.25) is 5.95 Å². The molecule has 0 saturated carbocycles. The highest BCUT2D eigenvalue weighted by Gasteiger charge is 2.13. The predicted octanol–water partition coefficient (Wildman–Crippen LogP) is 3.65. The summed E-state index contributed by atoms with van der Waals surface area (Å²) in [6.07, 6.45) is 1.68. The molecule has 1 unspecified atom stereocenters. The van der Waals surface area contributed by atoms with Gasteiger partial charge >= 0.3 is 0 Å². The van der Waals surface area contributed by atoms with Gasteiger partial charge in [-0.25, -0.2) is 15.0 Å². The number of aliphatic hydroxyl groups is 1. The number of thiazole rings is 1. The highest BCUT2D eigenvalue weighted by molar-refractivity contribution is 7.19. The number of nitrogens with one attached hydrogen (secondary N) is 2. The first-order chi connectivity index (χ1) is 13.0. The zero-order chi connectivity index (χ0) is 19.4. The maximum Gasteiger partial charge on any atom is 0.227 e.